The lowest BCUT2D eigenvalue weighted by atomic mass is 10.1. The molecule has 0 radical (unpaired) electrons. The number of alkyl halides is 3. The van der Waals surface area contributed by atoms with Crippen LogP contribution in [0.2, 0.25) is 0 Å². The average Bonchev–Trinajstić information content (AvgIpc) is 2.19. The van der Waals surface area contributed by atoms with Gasteiger partial charge in [0.2, 0.25) is 0 Å². The SMILES string of the molecule is COC(=O)Cc1ccc(Br)nc1C(F)(F)F. The van der Waals surface area contributed by atoms with Gasteiger partial charge in [0.25, 0.3) is 0 Å². The van der Waals surface area contributed by atoms with Crippen LogP contribution >= 0.6 is 15.9 Å². The number of hydrogen-bond acceptors (Lipinski definition) is 3. The highest BCUT2D eigenvalue weighted by molar-refractivity contribution is 9.10. The summed E-state index contributed by atoms with van der Waals surface area (Å²) >= 11 is 2.84. The monoisotopic (exact) mass is 297 g/mol. The topological polar surface area (TPSA) is 39.2 Å². The van der Waals surface area contributed by atoms with Gasteiger partial charge in [0.15, 0.2) is 0 Å². The number of pyridine rings is 1. The van der Waals surface area contributed by atoms with E-state index in [4.69, 9.17) is 0 Å². The van der Waals surface area contributed by atoms with Crippen LogP contribution in [0.5, 0.6) is 0 Å². The van der Waals surface area contributed by atoms with Crippen molar-refractivity contribution in [1.29, 1.82) is 0 Å². The highest BCUT2D eigenvalue weighted by Crippen LogP contribution is 2.31. The molecule has 3 nitrogen and oxygen atoms in total. The van der Waals surface area contributed by atoms with E-state index in [0.717, 1.165) is 7.11 Å². The number of esters is 1. The van der Waals surface area contributed by atoms with Crippen molar-refractivity contribution < 1.29 is 22.7 Å². The first-order chi connectivity index (χ1) is 7.34. The number of methoxy groups -OCH3 is 1. The molecule has 16 heavy (non-hydrogen) atoms. The molecule has 0 bridgehead atoms. The van der Waals surface area contributed by atoms with Gasteiger partial charge in [-0.1, -0.05) is 6.07 Å². The third-order valence-corrected chi connectivity index (χ3v) is 2.22. The summed E-state index contributed by atoms with van der Waals surface area (Å²) in [6, 6.07) is 2.53. The van der Waals surface area contributed by atoms with Gasteiger partial charge in [-0.05, 0) is 27.6 Å². The Morgan fingerprint density at radius 2 is 2.12 bits per heavy atom. The molecule has 0 aliphatic carbocycles. The third-order valence-electron chi connectivity index (χ3n) is 1.78. The van der Waals surface area contributed by atoms with E-state index in [1.165, 1.54) is 12.1 Å². The first kappa shape index (κ1) is 13.0. The van der Waals surface area contributed by atoms with Gasteiger partial charge in [-0.2, -0.15) is 13.2 Å². The summed E-state index contributed by atoms with van der Waals surface area (Å²) in [5, 5.41) is 0. The van der Waals surface area contributed by atoms with Crippen LogP contribution in [0.25, 0.3) is 0 Å². The van der Waals surface area contributed by atoms with Gasteiger partial charge >= 0.3 is 12.1 Å². The van der Waals surface area contributed by atoms with Crippen LogP contribution in [-0.4, -0.2) is 18.1 Å². The maximum atomic E-state index is 12.5. The highest BCUT2D eigenvalue weighted by atomic mass is 79.9. The minimum absolute atomic E-state index is 0.0634. The normalized spacial score (nSPS) is 11.3. The lowest BCUT2D eigenvalue weighted by Gasteiger charge is -2.11. The van der Waals surface area contributed by atoms with Crippen LogP contribution in [0.3, 0.4) is 0 Å². The largest absolute Gasteiger partial charge is 0.469 e. The van der Waals surface area contributed by atoms with Crippen molar-refractivity contribution in [3.63, 3.8) is 0 Å². The molecule has 0 saturated heterocycles. The van der Waals surface area contributed by atoms with E-state index in [1.807, 2.05) is 0 Å². The van der Waals surface area contributed by atoms with Crippen molar-refractivity contribution in [2.45, 2.75) is 12.6 Å². The van der Waals surface area contributed by atoms with E-state index in [-0.39, 0.29) is 10.2 Å². The molecule has 0 N–H and O–H groups in total. The molecule has 0 saturated carbocycles. The van der Waals surface area contributed by atoms with Crippen molar-refractivity contribution in [2.24, 2.45) is 0 Å². The molecule has 0 spiro atoms. The number of carbonyl (C=O) groups excluding carboxylic acids is 1. The Bertz CT molecular complexity index is 406. The Balaban J connectivity index is 3.13. The Labute approximate surface area is 97.8 Å². The first-order valence-electron chi connectivity index (χ1n) is 4.14. The van der Waals surface area contributed by atoms with Crippen LogP contribution in [0.1, 0.15) is 11.3 Å². The highest BCUT2D eigenvalue weighted by Gasteiger charge is 2.36. The van der Waals surface area contributed by atoms with Gasteiger partial charge < -0.3 is 4.74 Å². The molecule has 1 rings (SSSR count). The molecule has 0 aliphatic rings. The number of nitrogens with zero attached hydrogens (tertiary/aromatic N) is 1. The minimum Gasteiger partial charge on any atom is -0.469 e. The summed E-state index contributed by atoms with van der Waals surface area (Å²) in [4.78, 5) is 14.2. The zero-order valence-electron chi connectivity index (χ0n) is 8.14. The number of hydrogen-bond donors (Lipinski definition) is 0. The minimum atomic E-state index is -4.59. The second-order valence-electron chi connectivity index (χ2n) is 2.89. The maximum absolute atomic E-state index is 12.5. The predicted octanol–water partition coefficient (Wildman–Crippen LogP) is 2.58. The Kier molecular flexibility index (Phi) is 3.90. The molecule has 0 atom stereocenters. The summed E-state index contributed by atoms with van der Waals surface area (Å²) in [5.74, 6) is -0.741. The predicted molar refractivity (Wildman–Crippen MR) is 52.7 cm³/mol. The number of ether oxygens (including phenoxy) is 1. The summed E-state index contributed by atoms with van der Waals surface area (Å²) in [7, 11) is 1.11. The van der Waals surface area contributed by atoms with E-state index < -0.39 is 24.3 Å². The van der Waals surface area contributed by atoms with E-state index in [9.17, 15) is 18.0 Å². The zero-order chi connectivity index (χ0) is 12.3. The van der Waals surface area contributed by atoms with E-state index in [2.05, 4.69) is 25.7 Å². The second-order valence-corrected chi connectivity index (χ2v) is 3.70. The van der Waals surface area contributed by atoms with Crippen molar-refractivity contribution in [2.75, 3.05) is 7.11 Å². The number of aromatic nitrogens is 1. The standard InChI is InChI=1S/C9H7BrF3NO2/c1-16-7(15)4-5-2-3-6(10)14-8(5)9(11,12)13/h2-3H,4H2,1H3. The van der Waals surface area contributed by atoms with Gasteiger partial charge in [0, 0.05) is 0 Å². The van der Waals surface area contributed by atoms with Crippen molar-refractivity contribution in [3.05, 3.63) is 28.0 Å². The summed E-state index contributed by atoms with van der Waals surface area (Å²) in [6.45, 7) is 0. The molecule has 0 fully saturated rings. The number of halogens is 4. The molecule has 1 aromatic rings. The fourth-order valence-electron chi connectivity index (χ4n) is 1.08. The number of rotatable bonds is 2. The molecule has 0 amide bonds. The maximum Gasteiger partial charge on any atom is 0.433 e. The molecular weight excluding hydrogens is 291 g/mol. The Hall–Kier alpha value is -1.11. The van der Waals surface area contributed by atoms with Gasteiger partial charge in [-0.3, -0.25) is 4.79 Å². The quantitative estimate of drug-likeness (QED) is 0.622. The molecule has 88 valence electrons. The average molecular weight is 298 g/mol. The van der Waals surface area contributed by atoms with Crippen LogP contribution in [-0.2, 0) is 22.1 Å². The zero-order valence-corrected chi connectivity index (χ0v) is 9.72. The van der Waals surface area contributed by atoms with Gasteiger partial charge in [0.1, 0.15) is 10.3 Å². The molecule has 0 aliphatic heterocycles. The van der Waals surface area contributed by atoms with Crippen LogP contribution in [0.4, 0.5) is 13.2 Å². The Morgan fingerprint density at radius 3 is 2.62 bits per heavy atom. The summed E-state index contributed by atoms with van der Waals surface area (Å²) in [5.41, 5.74) is -1.28. The molecule has 1 aromatic heterocycles. The van der Waals surface area contributed by atoms with E-state index >= 15 is 0 Å². The molecule has 1 heterocycles. The number of carbonyl (C=O) groups is 1. The summed E-state index contributed by atoms with van der Waals surface area (Å²) in [6.07, 6.45) is -5.04. The van der Waals surface area contributed by atoms with Crippen LogP contribution in [0.15, 0.2) is 16.7 Å². The second kappa shape index (κ2) is 4.82. The summed E-state index contributed by atoms with van der Waals surface area (Å²) < 4.78 is 42.0. The Morgan fingerprint density at radius 1 is 1.50 bits per heavy atom. The van der Waals surface area contributed by atoms with Crippen molar-refractivity contribution >= 4 is 21.9 Å². The fraction of sp³-hybridized carbons (Fsp3) is 0.333. The van der Waals surface area contributed by atoms with Crippen LogP contribution in [0, 0.1) is 0 Å². The first-order valence-corrected chi connectivity index (χ1v) is 4.93. The van der Waals surface area contributed by atoms with Gasteiger partial charge in [-0.25, -0.2) is 4.98 Å². The fourth-order valence-corrected chi connectivity index (χ4v) is 1.39. The lowest BCUT2D eigenvalue weighted by Crippen LogP contribution is -2.15. The molecule has 7 heteroatoms. The van der Waals surface area contributed by atoms with Gasteiger partial charge in [0.05, 0.1) is 13.5 Å². The van der Waals surface area contributed by atoms with Crippen molar-refractivity contribution in [3.8, 4) is 0 Å². The third kappa shape index (κ3) is 3.19. The smallest absolute Gasteiger partial charge is 0.433 e. The molecular formula is C9H7BrF3NO2. The lowest BCUT2D eigenvalue weighted by molar-refractivity contribution is -0.143. The van der Waals surface area contributed by atoms with Gasteiger partial charge in [-0.15, -0.1) is 0 Å². The van der Waals surface area contributed by atoms with Crippen LogP contribution < -0.4 is 0 Å². The van der Waals surface area contributed by atoms with Crippen molar-refractivity contribution in [1.82, 2.24) is 4.98 Å². The van der Waals surface area contributed by atoms with E-state index in [1.54, 1.807) is 0 Å². The molecule has 0 aromatic carbocycles. The molecule has 0 unspecified atom stereocenters. The van der Waals surface area contributed by atoms with E-state index in [0.29, 0.717) is 0 Å².